The molecule has 3 nitrogen and oxygen atoms in total. The van der Waals surface area contributed by atoms with Gasteiger partial charge in [-0.15, -0.1) is 0 Å². The molecule has 0 saturated carbocycles. The zero-order valence-corrected chi connectivity index (χ0v) is 4.97. The van der Waals surface area contributed by atoms with Gasteiger partial charge in [0.2, 0.25) is 0 Å². The molecule has 0 aliphatic carbocycles. The van der Waals surface area contributed by atoms with Crippen LogP contribution >= 0.6 is 0 Å². The van der Waals surface area contributed by atoms with Crippen LogP contribution in [0.15, 0.2) is 6.07 Å². The van der Waals surface area contributed by atoms with Crippen LogP contribution in [-0.4, -0.2) is 9.78 Å². The fraction of sp³-hybridized carbons (Fsp3) is 0.400. The van der Waals surface area contributed by atoms with E-state index in [9.17, 15) is 0 Å². The standard InChI is InChI=1S/C5H8N3/c1-4-3-5(6)8(2)7-4/h3,6H,1-2H3. The fourth-order valence-electron chi connectivity index (χ4n) is 0.611. The van der Waals surface area contributed by atoms with Crippen molar-refractivity contribution in [2.24, 2.45) is 7.05 Å². The normalized spacial score (nSPS) is 9.75. The molecular weight excluding hydrogens is 102 g/mol. The van der Waals surface area contributed by atoms with Crippen molar-refractivity contribution in [2.75, 3.05) is 0 Å². The van der Waals surface area contributed by atoms with Crippen molar-refractivity contribution in [3.05, 3.63) is 11.8 Å². The highest BCUT2D eigenvalue weighted by molar-refractivity contribution is 5.24. The number of hydrogen-bond acceptors (Lipinski definition) is 1. The van der Waals surface area contributed by atoms with Crippen LogP contribution in [0.1, 0.15) is 5.69 Å². The maximum atomic E-state index is 7.14. The van der Waals surface area contributed by atoms with Gasteiger partial charge in [0.1, 0.15) is 5.82 Å². The molecule has 0 fully saturated rings. The molecular formula is C5H8N3. The van der Waals surface area contributed by atoms with Gasteiger partial charge >= 0.3 is 0 Å². The Morgan fingerprint density at radius 3 is 2.50 bits per heavy atom. The minimum atomic E-state index is 0.461. The van der Waals surface area contributed by atoms with Crippen LogP contribution in [-0.2, 0) is 7.05 Å². The highest BCUT2D eigenvalue weighted by Crippen LogP contribution is 2.02. The molecule has 0 spiro atoms. The van der Waals surface area contributed by atoms with E-state index in [-0.39, 0.29) is 0 Å². The lowest BCUT2D eigenvalue weighted by Gasteiger charge is -1.86. The molecule has 0 aliphatic heterocycles. The fourth-order valence-corrected chi connectivity index (χ4v) is 0.611. The molecule has 0 amide bonds. The molecule has 1 aromatic rings. The second-order valence-corrected chi connectivity index (χ2v) is 1.79. The molecule has 1 radical (unpaired) electrons. The number of nitrogens with one attached hydrogen (secondary N) is 1. The molecule has 1 rings (SSSR count). The average molecular weight is 110 g/mol. The second-order valence-electron chi connectivity index (χ2n) is 1.79. The lowest BCUT2D eigenvalue weighted by molar-refractivity contribution is 0.756. The van der Waals surface area contributed by atoms with E-state index in [2.05, 4.69) is 5.10 Å². The topological polar surface area (TPSA) is 41.6 Å². The van der Waals surface area contributed by atoms with Gasteiger partial charge in [-0.05, 0) is 6.92 Å². The van der Waals surface area contributed by atoms with Crippen molar-refractivity contribution in [3.63, 3.8) is 0 Å². The summed E-state index contributed by atoms with van der Waals surface area (Å²) in [6.45, 7) is 1.87. The van der Waals surface area contributed by atoms with E-state index >= 15 is 0 Å². The lowest BCUT2D eigenvalue weighted by atomic mass is 10.5. The van der Waals surface area contributed by atoms with Gasteiger partial charge in [0.05, 0.1) is 5.69 Å². The van der Waals surface area contributed by atoms with Crippen LogP contribution in [0.3, 0.4) is 0 Å². The first-order valence-corrected chi connectivity index (χ1v) is 2.42. The van der Waals surface area contributed by atoms with Crippen molar-refractivity contribution >= 4 is 5.82 Å². The van der Waals surface area contributed by atoms with Crippen LogP contribution in [0.25, 0.3) is 0 Å². The Hall–Kier alpha value is -0.990. The maximum absolute atomic E-state index is 7.14. The quantitative estimate of drug-likeness (QED) is 0.483. The molecule has 0 saturated heterocycles. The summed E-state index contributed by atoms with van der Waals surface area (Å²) >= 11 is 0. The molecule has 1 aromatic heterocycles. The third-order valence-corrected chi connectivity index (χ3v) is 1.00. The van der Waals surface area contributed by atoms with Crippen LogP contribution < -0.4 is 5.73 Å². The molecule has 0 aliphatic rings. The Kier molecular flexibility index (Phi) is 0.970. The molecule has 43 valence electrons. The largest absolute Gasteiger partial charge is 0.283 e. The van der Waals surface area contributed by atoms with Crippen molar-refractivity contribution < 1.29 is 0 Å². The minimum absolute atomic E-state index is 0.461. The third-order valence-electron chi connectivity index (χ3n) is 1.00. The van der Waals surface area contributed by atoms with Gasteiger partial charge in [-0.3, -0.25) is 10.4 Å². The molecule has 0 unspecified atom stereocenters. The van der Waals surface area contributed by atoms with Gasteiger partial charge < -0.3 is 0 Å². The van der Waals surface area contributed by atoms with E-state index in [1.54, 1.807) is 13.1 Å². The van der Waals surface area contributed by atoms with Crippen molar-refractivity contribution in [1.82, 2.24) is 15.5 Å². The average Bonchev–Trinajstić information content (AvgIpc) is 1.85. The summed E-state index contributed by atoms with van der Waals surface area (Å²) in [6, 6.07) is 1.72. The smallest absolute Gasteiger partial charge is 0.142 e. The number of nitrogens with zero attached hydrogens (tertiary/aromatic N) is 2. The first-order valence-electron chi connectivity index (χ1n) is 2.42. The van der Waals surface area contributed by atoms with Crippen LogP contribution in [0.4, 0.5) is 5.82 Å². The molecule has 0 bridgehead atoms. The Morgan fingerprint density at radius 1 is 1.75 bits per heavy atom. The molecule has 1 heterocycles. The van der Waals surface area contributed by atoms with Crippen LogP contribution in [0.2, 0.25) is 0 Å². The zero-order chi connectivity index (χ0) is 6.15. The van der Waals surface area contributed by atoms with Gasteiger partial charge in [-0.1, -0.05) is 0 Å². The van der Waals surface area contributed by atoms with E-state index in [0.717, 1.165) is 5.69 Å². The van der Waals surface area contributed by atoms with Gasteiger partial charge in [-0.25, -0.2) is 0 Å². The summed E-state index contributed by atoms with van der Waals surface area (Å²) in [5.41, 5.74) is 8.04. The van der Waals surface area contributed by atoms with Gasteiger partial charge in [0, 0.05) is 13.1 Å². The third kappa shape index (κ3) is 0.665. The predicted molar refractivity (Wildman–Crippen MR) is 30.7 cm³/mol. The van der Waals surface area contributed by atoms with E-state index in [0.29, 0.717) is 5.82 Å². The number of aryl methyl sites for hydroxylation is 2. The summed E-state index contributed by atoms with van der Waals surface area (Å²) in [5.74, 6) is 0.461. The maximum Gasteiger partial charge on any atom is 0.142 e. The number of aromatic nitrogens is 2. The van der Waals surface area contributed by atoms with E-state index < -0.39 is 0 Å². The van der Waals surface area contributed by atoms with Crippen molar-refractivity contribution in [2.45, 2.75) is 6.92 Å². The monoisotopic (exact) mass is 110 g/mol. The van der Waals surface area contributed by atoms with E-state index in [1.165, 1.54) is 4.68 Å². The summed E-state index contributed by atoms with van der Waals surface area (Å²) in [6.07, 6.45) is 0. The highest BCUT2D eigenvalue weighted by atomic mass is 15.3. The number of rotatable bonds is 0. The van der Waals surface area contributed by atoms with Gasteiger partial charge in [-0.2, -0.15) is 5.10 Å². The Balaban J connectivity index is 3.14. The second kappa shape index (κ2) is 1.51. The molecule has 1 N–H and O–H groups in total. The first-order chi connectivity index (χ1) is 3.70. The van der Waals surface area contributed by atoms with Crippen molar-refractivity contribution in [1.29, 1.82) is 0 Å². The first kappa shape index (κ1) is 5.15. The Morgan fingerprint density at radius 2 is 2.38 bits per heavy atom. The Labute approximate surface area is 48.1 Å². The molecule has 0 atom stereocenters. The van der Waals surface area contributed by atoms with E-state index in [4.69, 9.17) is 5.73 Å². The van der Waals surface area contributed by atoms with Gasteiger partial charge in [0.15, 0.2) is 0 Å². The molecule has 3 heteroatoms. The van der Waals surface area contributed by atoms with Gasteiger partial charge in [0.25, 0.3) is 0 Å². The molecule has 0 aromatic carbocycles. The van der Waals surface area contributed by atoms with E-state index in [1.807, 2.05) is 6.92 Å². The number of hydrogen-bond donors (Lipinski definition) is 0. The predicted octanol–water partition coefficient (Wildman–Crippen LogP) is 0.643. The van der Waals surface area contributed by atoms with Crippen LogP contribution in [0, 0.1) is 6.92 Å². The van der Waals surface area contributed by atoms with Crippen molar-refractivity contribution in [3.8, 4) is 0 Å². The summed E-state index contributed by atoms with van der Waals surface area (Å²) < 4.78 is 1.54. The highest BCUT2D eigenvalue weighted by Gasteiger charge is 1.93. The minimum Gasteiger partial charge on any atom is -0.283 e. The Bertz CT molecular complexity index is 170. The summed E-state index contributed by atoms with van der Waals surface area (Å²) in [7, 11) is 1.76. The summed E-state index contributed by atoms with van der Waals surface area (Å²) in [5, 5.41) is 3.94. The molecule has 8 heavy (non-hydrogen) atoms. The zero-order valence-electron chi connectivity index (χ0n) is 4.97. The van der Waals surface area contributed by atoms with Crippen LogP contribution in [0.5, 0.6) is 0 Å². The SMILES string of the molecule is Cc1cc([NH])n(C)n1. The summed E-state index contributed by atoms with van der Waals surface area (Å²) in [4.78, 5) is 0. The lowest BCUT2D eigenvalue weighted by Crippen LogP contribution is -1.89.